The van der Waals surface area contributed by atoms with E-state index in [1.807, 2.05) is 18.2 Å². The average molecular weight is 529 g/mol. The molecule has 2 aromatic rings. The van der Waals surface area contributed by atoms with Gasteiger partial charge < -0.3 is 14.6 Å². The minimum atomic E-state index is -3.37. The molecule has 200 valence electrons. The summed E-state index contributed by atoms with van der Waals surface area (Å²) in [6.07, 6.45) is 6.25. The first-order valence-corrected chi connectivity index (χ1v) is 15.2. The Morgan fingerprint density at radius 1 is 1.08 bits per heavy atom. The van der Waals surface area contributed by atoms with Crippen LogP contribution in [0.2, 0.25) is 0 Å². The van der Waals surface area contributed by atoms with Gasteiger partial charge in [0.25, 0.3) is 5.91 Å². The lowest BCUT2D eigenvalue weighted by Crippen LogP contribution is -2.53. The number of hydrogen-bond donors (Lipinski definition) is 1. The number of amides is 1. The van der Waals surface area contributed by atoms with Crippen LogP contribution in [0.15, 0.2) is 40.9 Å². The van der Waals surface area contributed by atoms with E-state index in [9.17, 15) is 13.2 Å². The molecule has 4 aliphatic rings. The SMILES string of the molecule is O=C(N[C@H]1C[C@H]2CC[C@@H](C1)N2S(=O)(=O)CCN1CCC(OCc2ccccc2)C1)c1cc(C2CC2)on1. The molecule has 3 saturated heterocycles. The fourth-order valence-electron chi connectivity index (χ4n) is 6.20. The molecule has 2 bridgehead atoms. The molecule has 6 rings (SSSR count). The van der Waals surface area contributed by atoms with Crippen molar-refractivity contribution in [3.63, 3.8) is 0 Å². The molecule has 4 atom stereocenters. The van der Waals surface area contributed by atoms with Crippen molar-refractivity contribution in [2.75, 3.05) is 25.4 Å². The van der Waals surface area contributed by atoms with Crippen LogP contribution in [-0.2, 0) is 21.4 Å². The highest BCUT2D eigenvalue weighted by Crippen LogP contribution is 2.40. The van der Waals surface area contributed by atoms with Crippen molar-refractivity contribution in [2.24, 2.45) is 0 Å². The predicted molar refractivity (Wildman–Crippen MR) is 137 cm³/mol. The zero-order valence-electron chi connectivity index (χ0n) is 21.1. The number of likely N-dealkylation sites (tertiary alicyclic amines) is 1. The highest BCUT2D eigenvalue weighted by molar-refractivity contribution is 7.89. The van der Waals surface area contributed by atoms with Crippen LogP contribution in [0.3, 0.4) is 0 Å². The fraction of sp³-hybridized carbons (Fsp3) is 0.630. The van der Waals surface area contributed by atoms with E-state index in [1.54, 1.807) is 10.4 Å². The van der Waals surface area contributed by atoms with E-state index in [-0.39, 0.29) is 35.9 Å². The van der Waals surface area contributed by atoms with Crippen LogP contribution in [0.25, 0.3) is 0 Å². The molecule has 1 amide bonds. The number of nitrogens with one attached hydrogen (secondary N) is 1. The molecule has 4 heterocycles. The highest BCUT2D eigenvalue weighted by atomic mass is 32.2. The lowest BCUT2D eigenvalue weighted by Gasteiger charge is -2.38. The Balaban J connectivity index is 0.975. The van der Waals surface area contributed by atoms with E-state index in [2.05, 4.69) is 27.5 Å². The van der Waals surface area contributed by atoms with Crippen molar-refractivity contribution >= 4 is 15.9 Å². The summed E-state index contributed by atoms with van der Waals surface area (Å²) < 4.78 is 39.9. The quantitative estimate of drug-likeness (QED) is 0.506. The zero-order valence-corrected chi connectivity index (χ0v) is 21.9. The largest absolute Gasteiger partial charge is 0.372 e. The average Bonchev–Trinajstić information content (AvgIpc) is 3.31. The predicted octanol–water partition coefficient (Wildman–Crippen LogP) is 2.90. The summed E-state index contributed by atoms with van der Waals surface area (Å²) in [4.78, 5) is 14.9. The number of sulfonamides is 1. The number of piperidine rings is 1. The molecule has 1 aromatic heterocycles. The van der Waals surface area contributed by atoms with E-state index in [0.717, 1.165) is 56.5 Å². The summed E-state index contributed by atoms with van der Waals surface area (Å²) in [7, 11) is -3.37. The fourth-order valence-corrected chi connectivity index (χ4v) is 8.19. The second-order valence-corrected chi connectivity index (χ2v) is 13.1. The maximum absolute atomic E-state index is 13.4. The maximum Gasteiger partial charge on any atom is 0.273 e. The summed E-state index contributed by atoms with van der Waals surface area (Å²) in [6, 6.07) is 11.7. The zero-order chi connectivity index (χ0) is 25.4. The van der Waals surface area contributed by atoms with E-state index in [1.165, 1.54) is 0 Å². The number of fused-ring (bicyclic) bond motifs is 2. The maximum atomic E-state index is 13.4. The van der Waals surface area contributed by atoms with Gasteiger partial charge in [0.2, 0.25) is 10.0 Å². The summed E-state index contributed by atoms with van der Waals surface area (Å²) >= 11 is 0. The topological polar surface area (TPSA) is 105 Å². The smallest absolute Gasteiger partial charge is 0.273 e. The lowest BCUT2D eigenvalue weighted by molar-refractivity contribution is 0.0470. The Hall–Kier alpha value is -2.27. The van der Waals surface area contributed by atoms with Crippen LogP contribution < -0.4 is 5.32 Å². The minimum absolute atomic E-state index is 0.0429. The van der Waals surface area contributed by atoms with Crippen molar-refractivity contribution in [3.05, 3.63) is 53.4 Å². The number of hydrogen-bond acceptors (Lipinski definition) is 7. The van der Waals surface area contributed by atoms with Gasteiger partial charge in [-0.25, -0.2) is 8.42 Å². The second-order valence-electron chi connectivity index (χ2n) is 11.1. The number of carbonyl (C=O) groups is 1. The van der Waals surface area contributed by atoms with Crippen LogP contribution in [-0.4, -0.2) is 78.3 Å². The molecule has 1 aliphatic carbocycles. The molecule has 37 heavy (non-hydrogen) atoms. The number of rotatable bonds is 10. The third-order valence-electron chi connectivity index (χ3n) is 8.29. The monoisotopic (exact) mass is 528 g/mol. The molecule has 1 aromatic carbocycles. The lowest BCUT2D eigenvalue weighted by atomic mass is 9.99. The van der Waals surface area contributed by atoms with Crippen molar-refractivity contribution in [3.8, 4) is 0 Å². The molecule has 4 fully saturated rings. The van der Waals surface area contributed by atoms with Crippen molar-refractivity contribution in [2.45, 2.75) is 81.7 Å². The molecular formula is C27H36N4O5S. The standard InChI is InChI=1S/C27H36N4O5S/c32-27(25-16-26(36-29-25)20-6-7-20)28-21-14-22-8-9-23(15-21)31(22)37(33,34)13-12-30-11-10-24(17-30)35-18-19-4-2-1-3-5-19/h1-5,16,20-24H,6-15,17-18H2,(H,28,32)/t21-,22+,23-,24?. The molecule has 3 aliphatic heterocycles. The van der Waals surface area contributed by atoms with Crippen LogP contribution in [0.1, 0.15) is 72.7 Å². The van der Waals surface area contributed by atoms with Crippen molar-refractivity contribution in [1.82, 2.24) is 19.7 Å². The first-order chi connectivity index (χ1) is 17.9. The van der Waals surface area contributed by atoms with Gasteiger partial charge in [-0.2, -0.15) is 4.31 Å². The van der Waals surface area contributed by atoms with Gasteiger partial charge >= 0.3 is 0 Å². The highest BCUT2D eigenvalue weighted by Gasteiger charge is 2.47. The van der Waals surface area contributed by atoms with E-state index in [0.29, 0.717) is 37.6 Å². The first kappa shape index (κ1) is 25.0. The number of benzene rings is 1. The molecule has 10 heteroatoms. The summed E-state index contributed by atoms with van der Waals surface area (Å²) in [5.41, 5.74) is 1.48. The van der Waals surface area contributed by atoms with Gasteiger partial charge in [-0.05, 0) is 50.5 Å². The van der Waals surface area contributed by atoms with Gasteiger partial charge in [0.1, 0.15) is 5.76 Å². The molecule has 1 unspecified atom stereocenters. The number of carbonyl (C=O) groups excluding carboxylic acids is 1. The van der Waals surface area contributed by atoms with Gasteiger partial charge in [-0.3, -0.25) is 9.69 Å². The van der Waals surface area contributed by atoms with E-state index in [4.69, 9.17) is 9.26 Å². The Bertz CT molecular complexity index is 1180. The van der Waals surface area contributed by atoms with Gasteiger partial charge in [0.15, 0.2) is 5.69 Å². The van der Waals surface area contributed by atoms with Gasteiger partial charge in [0, 0.05) is 49.7 Å². The number of aromatic nitrogens is 1. The second kappa shape index (κ2) is 10.5. The van der Waals surface area contributed by atoms with E-state index >= 15 is 0 Å². The minimum Gasteiger partial charge on any atom is -0.372 e. The van der Waals surface area contributed by atoms with E-state index < -0.39 is 10.0 Å². The molecule has 0 radical (unpaired) electrons. The summed E-state index contributed by atoms with van der Waals surface area (Å²) in [6.45, 7) is 2.75. The van der Waals surface area contributed by atoms with Crippen LogP contribution in [0.4, 0.5) is 0 Å². The molecule has 1 N–H and O–H groups in total. The summed E-state index contributed by atoms with van der Waals surface area (Å²) in [5, 5.41) is 7.02. The van der Waals surface area contributed by atoms with Gasteiger partial charge in [-0.1, -0.05) is 35.5 Å². The Kier molecular flexibility index (Phi) is 7.09. The van der Waals surface area contributed by atoms with Crippen molar-refractivity contribution < 1.29 is 22.5 Å². The summed E-state index contributed by atoms with van der Waals surface area (Å²) in [5.74, 6) is 1.10. The molecule has 9 nitrogen and oxygen atoms in total. The molecule has 0 spiro atoms. The van der Waals surface area contributed by atoms with Crippen LogP contribution in [0, 0.1) is 0 Å². The third-order valence-corrected chi connectivity index (χ3v) is 10.2. The van der Waals surface area contributed by atoms with Crippen LogP contribution >= 0.6 is 0 Å². The molecule has 1 saturated carbocycles. The Morgan fingerprint density at radius 3 is 2.57 bits per heavy atom. The first-order valence-electron chi connectivity index (χ1n) is 13.6. The third kappa shape index (κ3) is 5.77. The Morgan fingerprint density at radius 2 is 1.84 bits per heavy atom. The Labute approximate surface area is 218 Å². The number of ether oxygens (including phenoxy) is 1. The van der Waals surface area contributed by atoms with Gasteiger partial charge in [-0.15, -0.1) is 0 Å². The normalized spacial score (nSPS) is 28.5. The molecular weight excluding hydrogens is 492 g/mol. The number of nitrogens with zero attached hydrogens (tertiary/aromatic N) is 3. The van der Waals surface area contributed by atoms with Crippen molar-refractivity contribution in [1.29, 1.82) is 0 Å². The van der Waals surface area contributed by atoms with Gasteiger partial charge in [0.05, 0.1) is 18.5 Å². The van der Waals surface area contributed by atoms with Crippen LogP contribution in [0.5, 0.6) is 0 Å².